The summed E-state index contributed by atoms with van der Waals surface area (Å²) in [5.74, 6) is -0.785. The maximum absolute atomic E-state index is 13.9. The number of hydrogen-bond acceptors (Lipinski definition) is 19. The largest absolute Gasteiger partial charge is 0.463 e. The number of nitrogens with zero attached hydrogens (tertiary/aromatic N) is 16. The number of carbonyl (C=O) groups excluding carboxylic acids is 2. The number of aliphatic hydroxyl groups is 4. The normalized spacial score (nSPS) is 33.7. The molecule has 0 spiro atoms. The highest BCUT2D eigenvalue weighted by molar-refractivity contribution is 5.68. The zero-order chi connectivity index (χ0) is 51.0. The summed E-state index contributed by atoms with van der Waals surface area (Å²) in [4.78, 5) is 41.4. The molecule has 2 aromatic carbocycles. The summed E-state index contributed by atoms with van der Waals surface area (Å²) in [7, 11) is 0. The Hall–Kier alpha value is -6.67. The van der Waals surface area contributed by atoms with E-state index in [1.807, 2.05) is 60.7 Å². The minimum atomic E-state index is -1.93. The van der Waals surface area contributed by atoms with Gasteiger partial charge in [-0.25, -0.2) is 4.79 Å². The van der Waals surface area contributed by atoms with E-state index in [1.54, 1.807) is 6.92 Å². The van der Waals surface area contributed by atoms with E-state index in [9.17, 15) is 52.1 Å². The van der Waals surface area contributed by atoms with Gasteiger partial charge in [-0.2, -0.15) is 0 Å². The second kappa shape index (κ2) is 26.0. The molecule has 3 heterocycles. The third-order valence-electron chi connectivity index (χ3n) is 12.3. The molecule has 0 unspecified atom stereocenters. The van der Waals surface area contributed by atoms with Crippen LogP contribution in [0, 0.1) is 0 Å². The van der Waals surface area contributed by atoms with Crippen molar-refractivity contribution in [2.24, 2.45) is 25.6 Å². The van der Waals surface area contributed by atoms with E-state index in [0.717, 1.165) is 18.1 Å². The molecule has 0 radical (unpaired) electrons. The van der Waals surface area contributed by atoms with Crippen molar-refractivity contribution < 1.29 is 67.9 Å². The molecule has 1 aliphatic carbocycles. The number of aliphatic hydroxyl groups excluding tert-OH is 4. The summed E-state index contributed by atoms with van der Waals surface area (Å²) in [5, 5.41) is 63.6. The molecule has 1 amide bonds. The number of azide groups is 5. The first kappa shape index (κ1) is 53.7. The lowest BCUT2D eigenvalue weighted by Crippen LogP contribution is -2.61. The molecule has 2 aromatic rings. The van der Waals surface area contributed by atoms with E-state index in [1.165, 1.54) is 4.90 Å². The lowest BCUT2D eigenvalue weighted by molar-refractivity contribution is -0.291. The Kier molecular flexibility index (Phi) is 19.6. The van der Waals surface area contributed by atoms with Crippen LogP contribution in [0.15, 0.2) is 86.2 Å². The Labute approximate surface area is 403 Å². The monoisotopic (exact) mass is 992 g/mol. The van der Waals surface area contributed by atoms with Crippen molar-refractivity contribution in [3.63, 3.8) is 0 Å². The standard InChI is InChI=1S/C41H52N16O14/c1-20(57(17-22-9-5-3-6-10-22)41(63)65-18-23-11-7-4-8-12-23)27-14-13-24(48-53-43)38(66-27)69-35-26(50-55-45)15-25(49-54-44)31(59)37(35)71-40-34(62)36(29(68-40)19-64-21(2)58)70-39-30(51-56-46)33(61)32(60)28(67-39)16-47-52-42/h3-12,20,24-40,59-62H,13-19H2,1-2H3/t20-,24-,25-,26+,27+,28+,29-,30-,31+,32-,33-,34-,35-,36-,37-,38-,39-,40+/m1/s1. The fourth-order valence-electron chi connectivity index (χ4n) is 8.72. The maximum atomic E-state index is 13.9. The van der Waals surface area contributed by atoms with Crippen molar-refractivity contribution in [3.05, 3.63) is 124 Å². The van der Waals surface area contributed by atoms with Gasteiger partial charge in [0.05, 0.1) is 61.2 Å². The van der Waals surface area contributed by atoms with Gasteiger partial charge in [0.25, 0.3) is 0 Å². The van der Waals surface area contributed by atoms with Crippen molar-refractivity contribution in [1.29, 1.82) is 0 Å². The molecule has 4 N–H and O–H groups in total. The molecule has 4 fully saturated rings. The summed E-state index contributed by atoms with van der Waals surface area (Å²) < 4.78 is 48.0. The molecular weight excluding hydrogens is 941 g/mol. The van der Waals surface area contributed by atoms with Crippen LogP contribution in [-0.4, -0.2) is 161 Å². The van der Waals surface area contributed by atoms with Gasteiger partial charge in [-0.3, -0.25) is 9.69 Å². The van der Waals surface area contributed by atoms with Crippen LogP contribution in [0.5, 0.6) is 0 Å². The van der Waals surface area contributed by atoms with Crippen LogP contribution in [0.2, 0.25) is 0 Å². The number of amides is 1. The maximum Gasteiger partial charge on any atom is 0.410 e. The van der Waals surface area contributed by atoms with Crippen molar-refractivity contribution in [3.8, 4) is 0 Å². The van der Waals surface area contributed by atoms with Crippen LogP contribution in [0.4, 0.5) is 4.79 Å². The summed E-state index contributed by atoms with van der Waals surface area (Å²) in [6.45, 7) is 1.79. The van der Waals surface area contributed by atoms with Crippen molar-refractivity contribution in [1.82, 2.24) is 4.90 Å². The first-order valence-electron chi connectivity index (χ1n) is 22.3. The Morgan fingerprint density at radius 2 is 1.27 bits per heavy atom. The van der Waals surface area contributed by atoms with Crippen molar-refractivity contribution in [2.75, 3.05) is 13.2 Å². The highest BCUT2D eigenvalue weighted by atomic mass is 16.8. The van der Waals surface area contributed by atoms with Crippen molar-refractivity contribution >= 4 is 12.1 Å². The van der Waals surface area contributed by atoms with Crippen LogP contribution in [0.1, 0.15) is 44.2 Å². The summed E-state index contributed by atoms with van der Waals surface area (Å²) in [6, 6.07) is 12.1. The highest BCUT2D eigenvalue weighted by Gasteiger charge is 2.55. The molecule has 18 atom stereocenters. The summed E-state index contributed by atoms with van der Waals surface area (Å²) >= 11 is 0. The number of carbonyl (C=O) groups is 2. The topological polar surface area (TPSA) is 436 Å². The van der Waals surface area contributed by atoms with E-state index < -0.39 is 135 Å². The first-order valence-corrected chi connectivity index (χ1v) is 22.3. The van der Waals surface area contributed by atoms with Gasteiger partial charge < -0.3 is 58.3 Å². The van der Waals surface area contributed by atoms with E-state index in [0.29, 0.717) is 0 Å². The molecule has 4 aliphatic rings. The van der Waals surface area contributed by atoms with Gasteiger partial charge in [0.1, 0.15) is 49.8 Å². The molecule has 30 heteroatoms. The predicted octanol–water partition coefficient (Wildman–Crippen LogP) is 4.76. The van der Waals surface area contributed by atoms with Gasteiger partial charge >= 0.3 is 12.1 Å². The molecule has 3 aliphatic heterocycles. The lowest BCUT2D eigenvalue weighted by atomic mass is 9.84. The Balaban J connectivity index is 1.29. The molecule has 0 aromatic heterocycles. The molecule has 1 saturated carbocycles. The average Bonchev–Trinajstić information content (AvgIpc) is 3.66. The van der Waals surface area contributed by atoms with Crippen LogP contribution in [0.3, 0.4) is 0 Å². The molecule has 30 nitrogen and oxygen atoms in total. The number of hydrogen-bond donors (Lipinski definition) is 4. The van der Waals surface area contributed by atoms with E-state index in [-0.39, 0.29) is 32.4 Å². The molecule has 0 bridgehead atoms. The summed E-state index contributed by atoms with van der Waals surface area (Å²) in [6.07, 6.45) is -21.6. The number of benzene rings is 2. The zero-order valence-corrected chi connectivity index (χ0v) is 38.1. The van der Waals surface area contributed by atoms with Gasteiger partial charge in [-0.1, -0.05) is 86.2 Å². The fraction of sp³-hybridized carbons (Fsp3) is 0.659. The molecule has 6 rings (SSSR count). The Morgan fingerprint density at radius 3 is 1.92 bits per heavy atom. The third-order valence-corrected chi connectivity index (χ3v) is 12.3. The van der Waals surface area contributed by atoms with Gasteiger partial charge in [0.15, 0.2) is 18.9 Å². The minimum absolute atomic E-state index is 0.0229. The van der Waals surface area contributed by atoms with Gasteiger partial charge in [0, 0.05) is 38.0 Å². The highest BCUT2D eigenvalue weighted by Crippen LogP contribution is 2.38. The van der Waals surface area contributed by atoms with Crippen LogP contribution >= 0.6 is 0 Å². The molecule has 71 heavy (non-hydrogen) atoms. The zero-order valence-electron chi connectivity index (χ0n) is 38.1. The third kappa shape index (κ3) is 13.6. The summed E-state index contributed by atoms with van der Waals surface area (Å²) in [5.41, 5.74) is 48.6. The van der Waals surface area contributed by atoms with E-state index in [4.69, 9.17) is 43.4 Å². The predicted molar refractivity (Wildman–Crippen MR) is 239 cm³/mol. The molecule has 3 saturated heterocycles. The number of esters is 1. The average molecular weight is 993 g/mol. The van der Waals surface area contributed by atoms with Gasteiger partial charge in [-0.15, -0.1) is 0 Å². The Bertz CT molecular complexity index is 2350. The lowest BCUT2D eigenvalue weighted by Gasteiger charge is -2.46. The number of rotatable bonds is 20. The minimum Gasteiger partial charge on any atom is -0.463 e. The van der Waals surface area contributed by atoms with Crippen LogP contribution < -0.4 is 0 Å². The van der Waals surface area contributed by atoms with Crippen LogP contribution in [0.25, 0.3) is 52.2 Å². The van der Waals surface area contributed by atoms with E-state index >= 15 is 0 Å². The second-order valence-electron chi connectivity index (χ2n) is 16.8. The van der Waals surface area contributed by atoms with Crippen LogP contribution in [-0.2, 0) is 55.8 Å². The Morgan fingerprint density at radius 1 is 0.662 bits per heavy atom. The molecular formula is C41H52N16O14. The SMILES string of the molecule is CC(=O)OC[C@H]1O[C@@H](O[C@@H]2[C@@H](O)[C@H](N=[N+]=[N-])C[C@H](N=[N+]=[N-])[C@H]2O[C@H]2O[C@H]([C@@H](C)N(Cc3ccccc3)C(=O)OCc3ccccc3)CC[C@H]2N=[N+]=[N-])[C@H](O)[C@@H]1O[C@H]1O[C@@H](CN=[N+]=[N-])[C@@H](O)[C@H](O)[C@H]1N=[N+]=[N-]. The number of ether oxygens (including phenoxy) is 8. The van der Waals surface area contributed by atoms with E-state index in [2.05, 4.69) is 50.1 Å². The van der Waals surface area contributed by atoms with Crippen molar-refractivity contribution in [2.45, 2.75) is 156 Å². The first-order chi connectivity index (χ1) is 34.3. The quantitative estimate of drug-likeness (QED) is 0.0601. The fourth-order valence-corrected chi connectivity index (χ4v) is 8.72. The molecule has 380 valence electrons. The van der Waals surface area contributed by atoms with Gasteiger partial charge in [-0.05, 0) is 65.0 Å². The smallest absolute Gasteiger partial charge is 0.410 e. The van der Waals surface area contributed by atoms with Gasteiger partial charge in [0.2, 0.25) is 0 Å². The second-order valence-corrected chi connectivity index (χ2v) is 16.8.